The Morgan fingerprint density at radius 2 is 2.29 bits per heavy atom. The molecule has 1 aromatic heterocycles. The first-order chi connectivity index (χ1) is 10.2. The summed E-state index contributed by atoms with van der Waals surface area (Å²) >= 11 is 0. The molecule has 21 heavy (non-hydrogen) atoms. The predicted molar refractivity (Wildman–Crippen MR) is 72.6 cm³/mol. The Hall–Kier alpha value is -2.06. The van der Waals surface area contributed by atoms with Gasteiger partial charge >= 0.3 is 0 Å². The van der Waals surface area contributed by atoms with Crippen molar-refractivity contribution < 1.29 is 19.1 Å². The zero-order valence-corrected chi connectivity index (χ0v) is 11.8. The van der Waals surface area contributed by atoms with E-state index in [4.69, 9.17) is 9.47 Å². The molecule has 1 aromatic rings. The minimum atomic E-state index is -0.362. The number of ether oxygens (including phenoxy) is 2. The number of hydrogen-bond acceptors (Lipinski definition) is 6. The molecule has 1 fully saturated rings. The van der Waals surface area contributed by atoms with Crippen LogP contribution in [0.4, 0.5) is 0 Å². The normalized spacial score (nSPS) is 18.6. The number of nitrogens with one attached hydrogen (secondary N) is 1. The molecule has 0 aliphatic carbocycles. The number of nitrogens with zero attached hydrogens (tertiary/aromatic N) is 3. The van der Waals surface area contributed by atoms with Crippen molar-refractivity contribution in [2.45, 2.75) is 6.10 Å². The van der Waals surface area contributed by atoms with Crippen LogP contribution in [0.1, 0.15) is 10.6 Å². The van der Waals surface area contributed by atoms with Gasteiger partial charge in [0, 0.05) is 39.1 Å². The Morgan fingerprint density at radius 1 is 1.52 bits per heavy atom. The molecule has 114 valence electrons. The summed E-state index contributed by atoms with van der Waals surface area (Å²) in [5, 5.41) is 2.70. The third-order valence-electron chi connectivity index (χ3n) is 3.04. The number of methoxy groups -OCH3 is 1. The molecule has 1 unspecified atom stereocenters. The second kappa shape index (κ2) is 7.65. The molecule has 0 spiro atoms. The first-order valence-electron chi connectivity index (χ1n) is 6.64. The monoisotopic (exact) mass is 294 g/mol. The fourth-order valence-corrected chi connectivity index (χ4v) is 1.92. The van der Waals surface area contributed by atoms with Gasteiger partial charge in [0.05, 0.1) is 12.7 Å². The molecule has 1 aliphatic heterocycles. The predicted octanol–water partition coefficient (Wildman–Crippen LogP) is -0.920. The van der Waals surface area contributed by atoms with E-state index in [0.717, 1.165) is 0 Å². The fraction of sp³-hybridized carbons (Fsp3) is 0.538. The topological polar surface area (TPSA) is 93.7 Å². The zero-order chi connectivity index (χ0) is 15.1. The summed E-state index contributed by atoms with van der Waals surface area (Å²) in [7, 11) is 1.59. The first kappa shape index (κ1) is 15.3. The quantitative estimate of drug-likeness (QED) is 0.729. The second-order valence-corrected chi connectivity index (χ2v) is 4.55. The van der Waals surface area contributed by atoms with Gasteiger partial charge in [-0.2, -0.15) is 0 Å². The van der Waals surface area contributed by atoms with E-state index < -0.39 is 0 Å². The van der Waals surface area contributed by atoms with Crippen molar-refractivity contribution in [2.75, 3.05) is 40.0 Å². The van der Waals surface area contributed by atoms with Crippen molar-refractivity contribution in [1.29, 1.82) is 0 Å². The standard InChI is InChI=1S/C13H18N4O4/c1-20-6-5-17-8-10(21-9-11(17)18)7-16-13(19)12-14-3-2-4-15-12/h2-4,10H,5-9H2,1H3,(H,16,19). The van der Waals surface area contributed by atoms with Gasteiger partial charge in [-0.05, 0) is 6.07 Å². The highest BCUT2D eigenvalue weighted by molar-refractivity contribution is 5.90. The Balaban J connectivity index is 1.80. The largest absolute Gasteiger partial charge is 0.383 e. The van der Waals surface area contributed by atoms with Gasteiger partial charge in [0.25, 0.3) is 5.91 Å². The van der Waals surface area contributed by atoms with E-state index in [2.05, 4.69) is 15.3 Å². The molecule has 2 rings (SSSR count). The molecular weight excluding hydrogens is 276 g/mol. The van der Waals surface area contributed by atoms with Crippen LogP contribution in [0.5, 0.6) is 0 Å². The Morgan fingerprint density at radius 3 is 3.00 bits per heavy atom. The van der Waals surface area contributed by atoms with E-state index in [-0.39, 0.29) is 30.3 Å². The summed E-state index contributed by atoms with van der Waals surface area (Å²) in [5.41, 5.74) is 0. The van der Waals surface area contributed by atoms with Gasteiger partial charge in [0.2, 0.25) is 11.7 Å². The van der Waals surface area contributed by atoms with E-state index in [0.29, 0.717) is 26.2 Å². The number of carbonyl (C=O) groups excluding carboxylic acids is 2. The summed E-state index contributed by atoms with van der Waals surface area (Å²) in [4.78, 5) is 32.9. The fourth-order valence-electron chi connectivity index (χ4n) is 1.92. The van der Waals surface area contributed by atoms with Gasteiger partial charge in [-0.3, -0.25) is 9.59 Å². The third kappa shape index (κ3) is 4.47. The lowest BCUT2D eigenvalue weighted by Crippen LogP contribution is -2.51. The maximum Gasteiger partial charge on any atom is 0.289 e. The van der Waals surface area contributed by atoms with Crippen LogP contribution in [0.2, 0.25) is 0 Å². The lowest BCUT2D eigenvalue weighted by molar-refractivity contribution is -0.149. The maximum absolute atomic E-state index is 11.8. The number of hydrogen-bond donors (Lipinski definition) is 1. The number of morpholine rings is 1. The zero-order valence-electron chi connectivity index (χ0n) is 11.8. The van der Waals surface area contributed by atoms with Crippen LogP contribution in [0.3, 0.4) is 0 Å². The summed E-state index contributed by atoms with van der Waals surface area (Å²) in [6.07, 6.45) is 2.76. The number of rotatable bonds is 6. The molecule has 0 aromatic carbocycles. The van der Waals surface area contributed by atoms with Crippen LogP contribution in [0, 0.1) is 0 Å². The van der Waals surface area contributed by atoms with E-state index in [1.807, 2.05) is 0 Å². The molecule has 8 nitrogen and oxygen atoms in total. The van der Waals surface area contributed by atoms with Crippen molar-refractivity contribution in [3.05, 3.63) is 24.3 Å². The van der Waals surface area contributed by atoms with E-state index >= 15 is 0 Å². The second-order valence-electron chi connectivity index (χ2n) is 4.55. The molecule has 1 saturated heterocycles. The Kier molecular flexibility index (Phi) is 5.59. The van der Waals surface area contributed by atoms with Crippen molar-refractivity contribution in [2.24, 2.45) is 0 Å². The maximum atomic E-state index is 11.8. The van der Waals surface area contributed by atoms with Crippen LogP contribution in [-0.2, 0) is 14.3 Å². The first-order valence-corrected chi connectivity index (χ1v) is 6.64. The minimum absolute atomic E-state index is 0.0199. The smallest absolute Gasteiger partial charge is 0.289 e. The lowest BCUT2D eigenvalue weighted by Gasteiger charge is -2.32. The summed E-state index contributed by atoms with van der Waals surface area (Å²) in [5.74, 6) is -0.318. The van der Waals surface area contributed by atoms with Crippen LogP contribution >= 0.6 is 0 Å². The number of aromatic nitrogens is 2. The van der Waals surface area contributed by atoms with Crippen molar-refractivity contribution >= 4 is 11.8 Å². The molecule has 0 bridgehead atoms. The molecule has 1 aliphatic rings. The minimum Gasteiger partial charge on any atom is -0.383 e. The van der Waals surface area contributed by atoms with E-state index in [1.54, 1.807) is 18.1 Å². The van der Waals surface area contributed by atoms with Gasteiger partial charge in [0.15, 0.2) is 0 Å². The average molecular weight is 294 g/mol. The van der Waals surface area contributed by atoms with E-state index in [1.165, 1.54) is 12.4 Å². The average Bonchev–Trinajstić information content (AvgIpc) is 2.53. The highest BCUT2D eigenvalue weighted by Gasteiger charge is 2.26. The highest BCUT2D eigenvalue weighted by atomic mass is 16.5. The third-order valence-corrected chi connectivity index (χ3v) is 3.04. The van der Waals surface area contributed by atoms with E-state index in [9.17, 15) is 9.59 Å². The van der Waals surface area contributed by atoms with Gasteiger partial charge < -0.3 is 19.7 Å². The van der Waals surface area contributed by atoms with Crippen molar-refractivity contribution in [3.63, 3.8) is 0 Å². The van der Waals surface area contributed by atoms with Gasteiger partial charge in [-0.15, -0.1) is 0 Å². The highest BCUT2D eigenvalue weighted by Crippen LogP contribution is 2.05. The molecule has 1 N–H and O–H groups in total. The molecule has 0 radical (unpaired) electrons. The molecule has 1 atom stereocenters. The van der Waals surface area contributed by atoms with Gasteiger partial charge in [-0.25, -0.2) is 9.97 Å². The molecule has 2 amide bonds. The molecule has 0 saturated carbocycles. The van der Waals surface area contributed by atoms with Crippen molar-refractivity contribution in [1.82, 2.24) is 20.2 Å². The lowest BCUT2D eigenvalue weighted by atomic mass is 10.2. The Bertz CT molecular complexity index is 482. The summed E-state index contributed by atoms with van der Waals surface area (Å²) in [6.45, 7) is 1.74. The number of carbonyl (C=O) groups is 2. The summed E-state index contributed by atoms with van der Waals surface area (Å²) < 4.78 is 10.4. The number of amides is 2. The molecule has 2 heterocycles. The van der Waals surface area contributed by atoms with Crippen LogP contribution in [0.15, 0.2) is 18.5 Å². The van der Waals surface area contributed by atoms with Crippen LogP contribution < -0.4 is 5.32 Å². The van der Waals surface area contributed by atoms with Gasteiger partial charge in [-0.1, -0.05) is 0 Å². The molecular formula is C13H18N4O4. The van der Waals surface area contributed by atoms with Crippen molar-refractivity contribution in [3.8, 4) is 0 Å². The Labute approximate surface area is 122 Å². The SMILES string of the molecule is COCCN1CC(CNC(=O)c2ncccn2)OCC1=O. The van der Waals surface area contributed by atoms with Crippen LogP contribution in [-0.4, -0.2) is 72.7 Å². The van der Waals surface area contributed by atoms with Gasteiger partial charge in [0.1, 0.15) is 6.61 Å². The van der Waals surface area contributed by atoms with Crippen LogP contribution in [0.25, 0.3) is 0 Å². The molecule has 8 heteroatoms. The summed E-state index contributed by atoms with van der Waals surface area (Å²) in [6, 6.07) is 1.64.